The molecule has 0 aliphatic carbocycles. The van der Waals surface area contributed by atoms with Crippen molar-refractivity contribution in [1.29, 1.82) is 0 Å². The van der Waals surface area contributed by atoms with E-state index >= 15 is 0 Å². The van der Waals surface area contributed by atoms with Gasteiger partial charge in [0, 0.05) is 19.7 Å². The molecule has 0 radical (unpaired) electrons. The van der Waals surface area contributed by atoms with E-state index in [-0.39, 0.29) is 30.1 Å². The first-order valence-corrected chi connectivity index (χ1v) is 9.33. The zero-order valence-electron chi connectivity index (χ0n) is 15.0. The standard InChI is InChI=1S/C17H29N3O2S.HI/c1-14(22-16-9-7-8-15(12-16)21-3)13-20-17(18-2)19-10-5-6-11-23-4;/h7-9,12,14H,5-6,10-11,13H2,1-4H3,(H2,18,19,20);1H. The van der Waals surface area contributed by atoms with Gasteiger partial charge in [-0.2, -0.15) is 11.8 Å². The van der Waals surface area contributed by atoms with Gasteiger partial charge in [-0.1, -0.05) is 6.07 Å². The van der Waals surface area contributed by atoms with Crippen LogP contribution in [0.1, 0.15) is 19.8 Å². The predicted molar refractivity (Wildman–Crippen MR) is 115 cm³/mol. The van der Waals surface area contributed by atoms with Crippen molar-refractivity contribution in [2.24, 2.45) is 4.99 Å². The number of aliphatic imine (C=N–C) groups is 1. The quantitative estimate of drug-likeness (QED) is 0.239. The number of hydrogen-bond acceptors (Lipinski definition) is 4. The van der Waals surface area contributed by atoms with Crippen LogP contribution in [0.3, 0.4) is 0 Å². The number of methoxy groups -OCH3 is 1. The molecular weight excluding hydrogens is 437 g/mol. The molecule has 0 aromatic heterocycles. The number of nitrogens with zero attached hydrogens (tertiary/aromatic N) is 1. The molecule has 0 amide bonds. The number of hydrogen-bond donors (Lipinski definition) is 2. The summed E-state index contributed by atoms with van der Waals surface area (Å²) in [5.74, 6) is 3.62. The van der Waals surface area contributed by atoms with Crippen LogP contribution in [0.25, 0.3) is 0 Å². The number of ether oxygens (including phenoxy) is 2. The van der Waals surface area contributed by atoms with E-state index in [1.165, 1.54) is 12.2 Å². The highest BCUT2D eigenvalue weighted by Gasteiger charge is 2.06. The summed E-state index contributed by atoms with van der Waals surface area (Å²) in [4.78, 5) is 4.23. The summed E-state index contributed by atoms with van der Waals surface area (Å²) in [6, 6.07) is 7.63. The minimum absolute atomic E-state index is 0. The van der Waals surface area contributed by atoms with Crippen molar-refractivity contribution in [3.8, 4) is 11.5 Å². The second kappa shape index (κ2) is 14.5. The van der Waals surface area contributed by atoms with Crippen LogP contribution in [0.2, 0.25) is 0 Å². The first-order valence-electron chi connectivity index (χ1n) is 7.93. The Labute approximate surface area is 167 Å². The maximum Gasteiger partial charge on any atom is 0.191 e. The number of benzene rings is 1. The van der Waals surface area contributed by atoms with Crippen molar-refractivity contribution in [2.75, 3.05) is 39.3 Å². The Bertz CT molecular complexity index is 475. The molecule has 24 heavy (non-hydrogen) atoms. The van der Waals surface area contributed by atoms with Crippen LogP contribution in [0, 0.1) is 0 Å². The van der Waals surface area contributed by atoms with E-state index in [9.17, 15) is 0 Å². The lowest BCUT2D eigenvalue weighted by Crippen LogP contribution is -2.42. The molecule has 5 nitrogen and oxygen atoms in total. The lowest BCUT2D eigenvalue weighted by atomic mass is 10.3. The third-order valence-electron chi connectivity index (χ3n) is 3.23. The normalized spacial score (nSPS) is 12.1. The third-order valence-corrected chi connectivity index (χ3v) is 3.92. The molecule has 0 heterocycles. The van der Waals surface area contributed by atoms with E-state index in [4.69, 9.17) is 9.47 Å². The lowest BCUT2D eigenvalue weighted by Gasteiger charge is -2.18. The SMILES string of the molecule is CN=C(NCCCCSC)NCC(C)Oc1cccc(OC)c1.I. The van der Waals surface area contributed by atoms with Gasteiger partial charge in [0.15, 0.2) is 5.96 Å². The van der Waals surface area contributed by atoms with E-state index in [2.05, 4.69) is 21.9 Å². The van der Waals surface area contributed by atoms with Crippen LogP contribution in [-0.2, 0) is 0 Å². The highest BCUT2D eigenvalue weighted by Crippen LogP contribution is 2.19. The molecule has 1 unspecified atom stereocenters. The Kier molecular flexibility index (Phi) is 14.0. The molecule has 0 aliphatic heterocycles. The molecule has 7 heteroatoms. The first kappa shape index (κ1) is 23.2. The van der Waals surface area contributed by atoms with Gasteiger partial charge >= 0.3 is 0 Å². The fourth-order valence-electron chi connectivity index (χ4n) is 1.99. The van der Waals surface area contributed by atoms with E-state index in [1.807, 2.05) is 43.0 Å². The molecule has 0 fully saturated rings. The van der Waals surface area contributed by atoms with E-state index in [0.717, 1.165) is 30.4 Å². The predicted octanol–water partition coefficient (Wildman–Crippen LogP) is 3.39. The van der Waals surface area contributed by atoms with Crippen LogP contribution < -0.4 is 20.1 Å². The van der Waals surface area contributed by atoms with Crippen LogP contribution in [0.4, 0.5) is 0 Å². The summed E-state index contributed by atoms with van der Waals surface area (Å²) in [7, 11) is 3.43. The molecule has 0 saturated carbocycles. The van der Waals surface area contributed by atoms with E-state index in [0.29, 0.717) is 6.54 Å². The topological polar surface area (TPSA) is 54.9 Å². The molecule has 0 aliphatic rings. The molecule has 1 rings (SSSR count). The molecule has 1 aromatic carbocycles. The molecular formula is C17H30IN3O2S. The monoisotopic (exact) mass is 467 g/mol. The molecule has 0 spiro atoms. The molecule has 0 bridgehead atoms. The Morgan fingerprint density at radius 2 is 2.00 bits per heavy atom. The Morgan fingerprint density at radius 3 is 2.67 bits per heavy atom. The third kappa shape index (κ3) is 10.1. The van der Waals surface area contributed by atoms with Crippen LogP contribution in [0.15, 0.2) is 29.3 Å². The van der Waals surface area contributed by atoms with Gasteiger partial charge in [-0.3, -0.25) is 4.99 Å². The van der Waals surface area contributed by atoms with Crippen LogP contribution in [-0.4, -0.2) is 51.3 Å². The van der Waals surface area contributed by atoms with Crippen molar-refractivity contribution >= 4 is 41.7 Å². The average Bonchev–Trinajstić information content (AvgIpc) is 2.57. The number of nitrogens with one attached hydrogen (secondary N) is 2. The summed E-state index contributed by atoms with van der Waals surface area (Å²) >= 11 is 1.88. The minimum Gasteiger partial charge on any atom is -0.497 e. The molecule has 1 aromatic rings. The number of thioether (sulfide) groups is 1. The number of guanidine groups is 1. The van der Waals surface area contributed by atoms with Gasteiger partial charge in [-0.25, -0.2) is 0 Å². The summed E-state index contributed by atoms with van der Waals surface area (Å²) in [6.45, 7) is 3.64. The summed E-state index contributed by atoms with van der Waals surface area (Å²) in [5.41, 5.74) is 0. The fraction of sp³-hybridized carbons (Fsp3) is 0.588. The average molecular weight is 467 g/mol. The van der Waals surface area contributed by atoms with E-state index < -0.39 is 0 Å². The van der Waals surface area contributed by atoms with Crippen molar-refractivity contribution < 1.29 is 9.47 Å². The molecule has 0 saturated heterocycles. The van der Waals surface area contributed by atoms with Crippen molar-refractivity contribution in [2.45, 2.75) is 25.9 Å². The second-order valence-corrected chi connectivity index (χ2v) is 6.17. The van der Waals surface area contributed by atoms with Gasteiger partial charge in [0.1, 0.15) is 17.6 Å². The van der Waals surface area contributed by atoms with Gasteiger partial charge in [-0.05, 0) is 43.9 Å². The zero-order valence-corrected chi connectivity index (χ0v) is 18.1. The Hall–Kier alpha value is -0.830. The van der Waals surface area contributed by atoms with Gasteiger partial charge in [0.25, 0.3) is 0 Å². The fourth-order valence-corrected chi connectivity index (χ4v) is 2.48. The van der Waals surface area contributed by atoms with Gasteiger partial charge < -0.3 is 20.1 Å². The first-order chi connectivity index (χ1) is 11.2. The van der Waals surface area contributed by atoms with Gasteiger partial charge in [-0.15, -0.1) is 24.0 Å². The van der Waals surface area contributed by atoms with Crippen molar-refractivity contribution in [1.82, 2.24) is 10.6 Å². The maximum absolute atomic E-state index is 5.88. The summed E-state index contributed by atoms with van der Waals surface area (Å²) in [6.07, 6.45) is 4.53. The highest BCUT2D eigenvalue weighted by atomic mass is 127. The number of unbranched alkanes of at least 4 members (excludes halogenated alkanes) is 1. The van der Waals surface area contributed by atoms with Crippen molar-refractivity contribution in [3.05, 3.63) is 24.3 Å². The van der Waals surface area contributed by atoms with Crippen molar-refractivity contribution in [3.63, 3.8) is 0 Å². The van der Waals surface area contributed by atoms with Crippen LogP contribution >= 0.6 is 35.7 Å². The summed E-state index contributed by atoms with van der Waals surface area (Å²) in [5, 5.41) is 6.61. The molecule has 2 N–H and O–H groups in total. The molecule has 138 valence electrons. The zero-order chi connectivity index (χ0) is 16.9. The minimum atomic E-state index is 0. The lowest BCUT2D eigenvalue weighted by molar-refractivity contribution is 0.223. The van der Waals surface area contributed by atoms with Gasteiger partial charge in [0.2, 0.25) is 0 Å². The molecule has 1 atom stereocenters. The van der Waals surface area contributed by atoms with E-state index in [1.54, 1.807) is 14.2 Å². The van der Waals surface area contributed by atoms with Crippen LogP contribution in [0.5, 0.6) is 11.5 Å². The highest BCUT2D eigenvalue weighted by molar-refractivity contribution is 14.0. The maximum atomic E-state index is 5.88. The largest absolute Gasteiger partial charge is 0.497 e. The van der Waals surface area contributed by atoms with Gasteiger partial charge in [0.05, 0.1) is 13.7 Å². The Morgan fingerprint density at radius 1 is 1.25 bits per heavy atom. The second-order valence-electron chi connectivity index (χ2n) is 5.19. The number of halogens is 1. The smallest absolute Gasteiger partial charge is 0.191 e. The number of rotatable bonds is 10. The summed E-state index contributed by atoms with van der Waals surface area (Å²) < 4.78 is 11.1. The Balaban J connectivity index is 0.00000529.